The molecule has 1 aliphatic heterocycles. The van der Waals surface area contributed by atoms with E-state index >= 15 is 0 Å². The van der Waals surface area contributed by atoms with Gasteiger partial charge in [0.1, 0.15) is 0 Å². The van der Waals surface area contributed by atoms with Crippen molar-refractivity contribution in [3.8, 4) is 11.3 Å². The number of nitrogens with one attached hydrogen (secondary N) is 2. The third-order valence-corrected chi connectivity index (χ3v) is 7.92. The number of rotatable bonds is 8. The third-order valence-electron chi connectivity index (χ3n) is 7.92. The second-order valence-electron chi connectivity index (χ2n) is 10.9. The van der Waals surface area contributed by atoms with Gasteiger partial charge in [0.2, 0.25) is 11.9 Å². The van der Waals surface area contributed by atoms with Crippen LogP contribution in [0.4, 0.5) is 17.3 Å². The summed E-state index contributed by atoms with van der Waals surface area (Å²) >= 11 is 0. The fraction of sp³-hybridized carbons (Fsp3) is 0.200. The van der Waals surface area contributed by atoms with Crippen molar-refractivity contribution in [2.75, 3.05) is 36.8 Å². The number of aromatic nitrogens is 2. The van der Waals surface area contributed by atoms with Crippen LogP contribution in [0, 0.1) is 0 Å². The number of fused-ring (bicyclic) bond motifs is 1. The SMILES string of the molecule is CC(=O)N1CCN(Cc2ccc(CN)c(NC(=O)c3ccc(Nc4nc(-c5ccccc5)c5ccccc5n4)cc3)c2)CC1. The standard InChI is InChI=1S/C35H35N7O2/c1-24(43)42-19-17-41(18-20-42)23-25-11-12-28(22-36)32(21-25)38-34(44)27-13-15-29(16-14-27)37-35-39-31-10-6-5-9-30(31)33(40-35)26-7-3-2-4-8-26/h2-16,21H,17-20,22-23,36H2,1H3,(H,38,44)(H,37,39,40). The molecule has 1 fully saturated rings. The first-order valence-electron chi connectivity index (χ1n) is 14.8. The molecule has 2 heterocycles. The summed E-state index contributed by atoms with van der Waals surface area (Å²) in [5, 5.41) is 7.33. The lowest BCUT2D eigenvalue weighted by Crippen LogP contribution is -2.47. The van der Waals surface area contributed by atoms with Crippen molar-refractivity contribution in [2.45, 2.75) is 20.0 Å². The Labute approximate surface area is 256 Å². The maximum atomic E-state index is 13.3. The molecule has 9 heteroatoms. The molecule has 44 heavy (non-hydrogen) atoms. The molecule has 1 aromatic heterocycles. The first kappa shape index (κ1) is 29.0. The fourth-order valence-corrected chi connectivity index (χ4v) is 5.47. The van der Waals surface area contributed by atoms with E-state index in [0.717, 1.165) is 71.7 Å². The number of anilines is 3. The summed E-state index contributed by atoms with van der Waals surface area (Å²) in [7, 11) is 0. The number of nitrogens with zero attached hydrogens (tertiary/aromatic N) is 4. The van der Waals surface area contributed by atoms with Gasteiger partial charge in [0.15, 0.2) is 0 Å². The van der Waals surface area contributed by atoms with Gasteiger partial charge in [-0.1, -0.05) is 60.7 Å². The lowest BCUT2D eigenvalue weighted by Gasteiger charge is -2.34. The van der Waals surface area contributed by atoms with Crippen molar-refractivity contribution in [1.82, 2.24) is 19.8 Å². The summed E-state index contributed by atoms with van der Waals surface area (Å²) < 4.78 is 0. The first-order chi connectivity index (χ1) is 21.5. The molecule has 0 atom stereocenters. The Kier molecular flexibility index (Phi) is 8.58. The quantitative estimate of drug-likeness (QED) is 0.223. The molecule has 1 saturated heterocycles. The van der Waals surface area contributed by atoms with Gasteiger partial charge in [0, 0.05) is 74.1 Å². The molecule has 5 aromatic rings. The lowest BCUT2D eigenvalue weighted by atomic mass is 10.1. The van der Waals surface area contributed by atoms with Gasteiger partial charge >= 0.3 is 0 Å². The maximum absolute atomic E-state index is 13.3. The van der Waals surface area contributed by atoms with Crippen LogP contribution in [0.3, 0.4) is 0 Å². The Bertz CT molecular complexity index is 1780. The Morgan fingerprint density at radius 3 is 2.30 bits per heavy atom. The number of para-hydroxylation sites is 1. The van der Waals surface area contributed by atoms with Gasteiger partial charge in [-0.15, -0.1) is 0 Å². The largest absolute Gasteiger partial charge is 0.340 e. The summed E-state index contributed by atoms with van der Waals surface area (Å²) in [6.45, 7) is 5.75. The average molecular weight is 586 g/mol. The number of hydrogen-bond donors (Lipinski definition) is 3. The van der Waals surface area contributed by atoms with Crippen LogP contribution in [0.1, 0.15) is 28.4 Å². The molecule has 6 rings (SSSR count). The van der Waals surface area contributed by atoms with Crippen LogP contribution in [-0.4, -0.2) is 57.8 Å². The Balaban J connectivity index is 1.15. The van der Waals surface area contributed by atoms with E-state index in [0.29, 0.717) is 23.7 Å². The molecule has 4 N–H and O–H groups in total. The van der Waals surface area contributed by atoms with E-state index in [1.807, 2.05) is 89.8 Å². The molecule has 9 nitrogen and oxygen atoms in total. The normalized spacial score (nSPS) is 13.5. The van der Waals surface area contributed by atoms with Crippen molar-refractivity contribution in [3.05, 3.63) is 114 Å². The summed E-state index contributed by atoms with van der Waals surface area (Å²) in [4.78, 5) is 38.6. The van der Waals surface area contributed by atoms with Gasteiger partial charge in [0.25, 0.3) is 5.91 Å². The lowest BCUT2D eigenvalue weighted by molar-refractivity contribution is -0.130. The second-order valence-corrected chi connectivity index (χ2v) is 10.9. The molecule has 2 amide bonds. The predicted octanol–water partition coefficient (Wildman–Crippen LogP) is 5.42. The number of carbonyl (C=O) groups is 2. The van der Waals surface area contributed by atoms with Gasteiger partial charge in [-0.2, -0.15) is 0 Å². The molecule has 0 spiro atoms. The number of amides is 2. The molecular formula is C35H35N7O2. The van der Waals surface area contributed by atoms with E-state index < -0.39 is 0 Å². The minimum atomic E-state index is -0.216. The van der Waals surface area contributed by atoms with Crippen molar-refractivity contribution in [2.24, 2.45) is 5.73 Å². The zero-order chi connectivity index (χ0) is 30.5. The zero-order valence-corrected chi connectivity index (χ0v) is 24.7. The van der Waals surface area contributed by atoms with E-state index in [1.54, 1.807) is 19.1 Å². The summed E-state index contributed by atoms with van der Waals surface area (Å²) in [5.74, 6) is 0.378. The topological polar surface area (TPSA) is 116 Å². The highest BCUT2D eigenvalue weighted by atomic mass is 16.2. The van der Waals surface area contributed by atoms with E-state index in [4.69, 9.17) is 15.7 Å². The van der Waals surface area contributed by atoms with Crippen LogP contribution in [0.5, 0.6) is 0 Å². The first-order valence-corrected chi connectivity index (χ1v) is 14.8. The summed E-state index contributed by atoms with van der Waals surface area (Å²) in [6.07, 6.45) is 0. The van der Waals surface area contributed by atoms with Gasteiger partial charge in [-0.25, -0.2) is 9.97 Å². The van der Waals surface area contributed by atoms with Gasteiger partial charge in [0.05, 0.1) is 11.2 Å². The zero-order valence-electron chi connectivity index (χ0n) is 24.7. The highest BCUT2D eigenvalue weighted by molar-refractivity contribution is 6.05. The number of nitrogens with two attached hydrogens (primary N) is 1. The van der Waals surface area contributed by atoms with Crippen molar-refractivity contribution in [3.63, 3.8) is 0 Å². The second kappa shape index (κ2) is 13.0. The molecular weight excluding hydrogens is 550 g/mol. The van der Waals surface area contributed by atoms with Crippen molar-refractivity contribution < 1.29 is 9.59 Å². The van der Waals surface area contributed by atoms with Crippen LogP contribution < -0.4 is 16.4 Å². The number of carbonyl (C=O) groups excluding carboxylic acids is 2. The highest BCUT2D eigenvalue weighted by Gasteiger charge is 2.19. The molecule has 1 aliphatic rings. The number of hydrogen-bond acceptors (Lipinski definition) is 7. The summed E-state index contributed by atoms with van der Waals surface area (Å²) in [5.41, 5.74) is 12.7. The van der Waals surface area contributed by atoms with E-state index in [-0.39, 0.29) is 11.8 Å². The minimum Gasteiger partial charge on any atom is -0.340 e. The monoisotopic (exact) mass is 585 g/mol. The third kappa shape index (κ3) is 6.59. The fourth-order valence-electron chi connectivity index (χ4n) is 5.47. The summed E-state index contributed by atoms with van der Waals surface area (Å²) in [6, 6.07) is 31.2. The van der Waals surface area contributed by atoms with Gasteiger partial charge < -0.3 is 21.3 Å². The Morgan fingerprint density at radius 1 is 0.841 bits per heavy atom. The van der Waals surface area contributed by atoms with E-state index in [9.17, 15) is 9.59 Å². The molecule has 0 saturated carbocycles. The highest BCUT2D eigenvalue weighted by Crippen LogP contribution is 2.28. The molecule has 0 aliphatic carbocycles. The van der Waals surface area contributed by atoms with Crippen LogP contribution in [0.15, 0.2) is 97.1 Å². The average Bonchev–Trinajstić information content (AvgIpc) is 3.05. The van der Waals surface area contributed by atoms with E-state index in [2.05, 4.69) is 15.5 Å². The smallest absolute Gasteiger partial charge is 0.255 e. The van der Waals surface area contributed by atoms with E-state index in [1.165, 1.54) is 0 Å². The predicted molar refractivity (Wildman–Crippen MR) is 175 cm³/mol. The number of benzene rings is 4. The van der Waals surface area contributed by atoms with Crippen LogP contribution >= 0.6 is 0 Å². The molecule has 4 aromatic carbocycles. The van der Waals surface area contributed by atoms with Crippen molar-refractivity contribution >= 4 is 40.0 Å². The van der Waals surface area contributed by atoms with Crippen LogP contribution in [-0.2, 0) is 17.9 Å². The Morgan fingerprint density at radius 2 is 1.57 bits per heavy atom. The minimum absolute atomic E-state index is 0.116. The Hall–Kier alpha value is -5.12. The molecule has 0 radical (unpaired) electrons. The molecule has 222 valence electrons. The van der Waals surface area contributed by atoms with Gasteiger partial charge in [-0.05, 0) is 47.5 Å². The van der Waals surface area contributed by atoms with Crippen LogP contribution in [0.2, 0.25) is 0 Å². The maximum Gasteiger partial charge on any atom is 0.255 e. The number of piperazine rings is 1. The van der Waals surface area contributed by atoms with Crippen LogP contribution in [0.25, 0.3) is 22.2 Å². The van der Waals surface area contributed by atoms with Crippen molar-refractivity contribution in [1.29, 1.82) is 0 Å². The molecule has 0 unspecified atom stereocenters. The molecule has 0 bridgehead atoms. The van der Waals surface area contributed by atoms with Gasteiger partial charge in [-0.3, -0.25) is 14.5 Å².